The maximum atomic E-state index is 14.0. The summed E-state index contributed by atoms with van der Waals surface area (Å²) in [7, 11) is 1.64. The minimum atomic E-state index is -0.515. The normalized spacial score (nSPS) is 18.9. The molecule has 2 aromatic heterocycles. The summed E-state index contributed by atoms with van der Waals surface area (Å²) in [6.45, 7) is 7.81. The second kappa shape index (κ2) is 9.56. The van der Waals surface area contributed by atoms with Crippen LogP contribution in [-0.2, 0) is 20.1 Å². The van der Waals surface area contributed by atoms with Gasteiger partial charge in [-0.1, -0.05) is 18.1 Å². The highest BCUT2D eigenvalue weighted by Crippen LogP contribution is 2.28. The number of piperidine rings is 1. The monoisotopic (exact) mass is 503 g/mol. The lowest BCUT2D eigenvalue weighted by Gasteiger charge is -2.31. The first kappa shape index (κ1) is 24.8. The summed E-state index contributed by atoms with van der Waals surface area (Å²) < 4.78 is 10.7. The molecular weight excluding hydrogens is 470 g/mol. The van der Waals surface area contributed by atoms with Crippen LogP contribution in [-0.4, -0.2) is 55.7 Å². The molecule has 1 saturated heterocycles. The smallest absolute Gasteiger partial charge is 0.332 e. The summed E-state index contributed by atoms with van der Waals surface area (Å²) >= 11 is 0. The Morgan fingerprint density at radius 3 is 2.76 bits per heavy atom. The van der Waals surface area contributed by atoms with Crippen molar-refractivity contribution >= 4 is 22.8 Å². The van der Waals surface area contributed by atoms with Crippen LogP contribution in [0, 0.1) is 11.8 Å². The summed E-state index contributed by atoms with van der Waals surface area (Å²) in [5.74, 6) is 7.27. The van der Waals surface area contributed by atoms with E-state index in [1.165, 1.54) is 9.13 Å². The molecule has 0 amide bonds. The molecule has 2 aliphatic rings. The fraction of sp³-hybridized carbons (Fsp3) is 0.481. The highest BCUT2D eigenvalue weighted by Gasteiger charge is 2.29. The number of aromatic nitrogens is 4. The van der Waals surface area contributed by atoms with Crippen molar-refractivity contribution in [1.82, 2.24) is 18.7 Å². The second-order valence-corrected chi connectivity index (χ2v) is 10.3. The van der Waals surface area contributed by atoms with Crippen LogP contribution < -0.4 is 26.6 Å². The fourth-order valence-electron chi connectivity index (χ4n) is 5.02. The van der Waals surface area contributed by atoms with Gasteiger partial charge < -0.3 is 15.4 Å². The number of ether oxygens (including phenoxy) is 1. The Morgan fingerprint density at radius 2 is 2.00 bits per heavy atom. The van der Waals surface area contributed by atoms with Crippen molar-refractivity contribution in [3.05, 3.63) is 50.7 Å². The van der Waals surface area contributed by atoms with Crippen molar-refractivity contribution in [3.8, 4) is 17.6 Å². The molecule has 0 aliphatic carbocycles. The largest absolute Gasteiger partial charge is 0.485 e. The van der Waals surface area contributed by atoms with Gasteiger partial charge in [0.25, 0.3) is 5.56 Å². The molecule has 10 heteroatoms. The molecule has 10 nitrogen and oxygen atoms in total. The number of aryl methyl sites for hydroxylation is 1. The van der Waals surface area contributed by atoms with Crippen LogP contribution in [0.5, 0.6) is 5.75 Å². The number of nitrogens with two attached hydrogens (primary N) is 1. The summed E-state index contributed by atoms with van der Waals surface area (Å²) in [5, 5.41) is 0. The standard InChI is InChI=1S/C27H33N7O3/c1-5-6-14-33-22-23(30-25(33)32-13-9-10-18(28)15-32)31(4)26(36)34(24(22)35)16-20-19-11-7-8-12-21(19)37-27(2,3)17-29-20/h7-8,11-12,18H,9-10,13-17,28H2,1-4H3. The van der Waals surface area contributed by atoms with Crippen molar-refractivity contribution in [1.29, 1.82) is 0 Å². The Labute approximate surface area is 215 Å². The van der Waals surface area contributed by atoms with E-state index in [9.17, 15) is 9.59 Å². The van der Waals surface area contributed by atoms with Crippen LogP contribution in [0.1, 0.15) is 39.2 Å². The molecule has 0 spiro atoms. The molecule has 2 N–H and O–H groups in total. The number of imidazole rings is 1. The summed E-state index contributed by atoms with van der Waals surface area (Å²) in [6.07, 6.45) is 1.88. The lowest BCUT2D eigenvalue weighted by atomic mass is 10.1. The number of hydrogen-bond acceptors (Lipinski definition) is 7. The summed E-state index contributed by atoms with van der Waals surface area (Å²) in [4.78, 5) is 39.1. The minimum Gasteiger partial charge on any atom is -0.485 e. The quantitative estimate of drug-likeness (QED) is 0.540. The third-order valence-corrected chi connectivity index (χ3v) is 6.91. The SMILES string of the molecule is CC#CCn1c(N2CCCC(N)C2)nc2c1c(=O)n(CC1=NCC(C)(C)Oc3ccccc31)c(=O)n2C. The van der Waals surface area contributed by atoms with Crippen molar-refractivity contribution in [2.24, 2.45) is 17.8 Å². The number of fused-ring (bicyclic) bond motifs is 2. The van der Waals surface area contributed by atoms with Gasteiger partial charge in [-0.15, -0.1) is 5.92 Å². The zero-order valence-electron chi connectivity index (χ0n) is 21.8. The van der Waals surface area contributed by atoms with Crippen molar-refractivity contribution in [2.45, 2.75) is 58.3 Å². The van der Waals surface area contributed by atoms with Gasteiger partial charge in [0.15, 0.2) is 11.2 Å². The van der Waals surface area contributed by atoms with E-state index in [1.54, 1.807) is 14.0 Å². The van der Waals surface area contributed by atoms with E-state index in [0.29, 0.717) is 41.7 Å². The first-order chi connectivity index (χ1) is 17.7. The van der Waals surface area contributed by atoms with Gasteiger partial charge in [-0.25, -0.2) is 4.79 Å². The van der Waals surface area contributed by atoms with Crippen LogP contribution in [0.4, 0.5) is 5.95 Å². The van der Waals surface area contributed by atoms with Gasteiger partial charge in [0.2, 0.25) is 5.95 Å². The third-order valence-electron chi connectivity index (χ3n) is 6.91. The van der Waals surface area contributed by atoms with Crippen LogP contribution in [0.3, 0.4) is 0 Å². The predicted octanol–water partition coefficient (Wildman–Crippen LogP) is 1.51. The van der Waals surface area contributed by atoms with E-state index >= 15 is 0 Å². The van der Waals surface area contributed by atoms with Gasteiger partial charge in [-0.2, -0.15) is 4.98 Å². The van der Waals surface area contributed by atoms with Gasteiger partial charge in [0, 0.05) is 31.7 Å². The van der Waals surface area contributed by atoms with Crippen LogP contribution in [0.2, 0.25) is 0 Å². The first-order valence-electron chi connectivity index (χ1n) is 12.6. The van der Waals surface area contributed by atoms with E-state index in [4.69, 9.17) is 20.4 Å². The van der Waals surface area contributed by atoms with E-state index in [0.717, 1.165) is 24.9 Å². The number of hydrogen-bond donors (Lipinski definition) is 1. The second-order valence-electron chi connectivity index (χ2n) is 10.3. The maximum absolute atomic E-state index is 14.0. The number of aliphatic imine (C=N–C) groups is 1. The Hall–Kier alpha value is -3.84. The topological polar surface area (TPSA) is 113 Å². The lowest BCUT2D eigenvalue weighted by Crippen LogP contribution is -2.44. The third kappa shape index (κ3) is 4.55. The Morgan fingerprint density at radius 1 is 1.22 bits per heavy atom. The molecule has 0 radical (unpaired) electrons. The average molecular weight is 504 g/mol. The minimum absolute atomic E-state index is 0.0203. The molecule has 4 heterocycles. The molecular formula is C27H33N7O3. The maximum Gasteiger partial charge on any atom is 0.332 e. The van der Waals surface area contributed by atoms with E-state index in [1.807, 2.05) is 42.7 Å². The summed E-state index contributed by atoms with van der Waals surface area (Å²) in [5.41, 5.74) is 6.94. The van der Waals surface area contributed by atoms with Gasteiger partial charge in [-0.05, 0) is 45.7 Å². The van der Waals surface area contributed by atoms with Crippen molar-refractivity contribution < 1.29 is 4.74 Å². The van der Waals surface area contributed by atoms with Gasteiger partial charge in [0.05, 0.1) is 25.3 Å². The highest BCUT2D eigenvalue weighted by molar-refractivity contribution is 6.03. The molecule has 1 atom stereocenters. The Bertz CT molecular complexity index is 1560. The van der Waals surface area contributed by atoms with E-state index < -0.39 is 16.9 Å². The number of benzene rings is 1. The molecule has 3 aromatic rings. The molecule has 1 fully saturated rings. The molecule has 0 saturated carbocycles. The highest BCUT2D eigenvalue weighted by atomic mass is 16.5. The first-order valence-corrected chi connectivity index (χ1v) is 12.6. The molecule has 1 unspecified atom stereocenters. The van der Waals surface area contributed by atoms with Gasteiger partial charge in [0.1, 0.15) is 11.4 Å². The number of nitrogens with zero attached hydrogens (tertiary/aromatic N) is 6. The molecule has 1 aromatic carbocycles. The van der Waals surface area contributed by atoms with Crippen LogP contribution in [0.15, 0.2) is 38.8 Å². The summed E-state index contributed by atoms with van der Waals surface area (Å²) in [6, 6.07) is 7.61. The molecule has 37 heavy (non-hydrogen) atoms. The predicted molar refractivity (Wildman–Crippen MR) is 145 cm³/mol. The van der Waals surface area contributed by atoms with Crippen LogP contribution >= 0.6 is 0 Å². The zero-order valence-corrected chi connectivity index (χ0v) is 21.8. The van der Waals surface area contributed by atoms with E-state index in [2.05, 4.69) is 16.7 Å². The molecule has 0 bridgehead atoms. The van der Waals surface area contributed by atoms with E-state index in [-0.39, 0.29) is 19.1 Å². The van der Waals surface area contributed by atoms with Crippen LogP contribution in [0.25, 0.3) is 11.2 Å². The number of anilines is 1. The fourth-order valence-corrected chi connectivity index (χ4v) is 5.02. The average Bonchev–Trinajstić information content (AvgIpc) is 3.19. The lowest BCUT2D eigenvalue weighted by molar-refractivity contribution is 0.121. The number of para-hydroxylation sites is 1. The Balaban J connectivity index is 1.68. The number of rotatable bonds is 4. The van der Waals surface area contributed by atoms with Crippen molar-refractivity contribution in [2.75, 3.05) is 24.5 Å². The molecule has 194 valence electrons. The van der Waals surface area contributed by atoms with Gasteiger partial charge in [-0.3, -0.25) is 23.5 Å². The Kier molecular flexibility index (Phi) is 6.42. The molecule has 5 rings (SSSR count). The van der Waals surface area contributed by atoms with Crippen molar-refractivity contribution in [3.63, 3.8) is 0 Å². The van der Waals surface area contributed by atoms with Gasteiger partial charge >= 0.3 is 5.69 Å². The zero-order chi connectivity index (χ0) is 26.3. The molecule has 2 aliphatic heterocycles.